The minimum Gasteiger partial charge on any atom is -0.491 e. The van der Waals surface area contributed by atoms with Gasteiger partial charge >= 0.3 is 0 Å². The van der Waals surface area contributed by atoms with Gasteiger partial charge in [0, 0.05) is 16.3 Å². The van der Waals surface area contributed by atoms with Crippen molar-refractivity contribution in [3.63, 3.8) is 0 Å². The molecule has 3 aromatic carbocycles. The molecule has 4 aromatic rings. The van der Waals surface area contributed by atoms with Crippen LogP contribution in [0.3, 0.4) is 0 Å². The van der Waals surface area contributed by atoms with Crippen molar-refractivity contribution in [3.05, 3.63) is 75.3 Å². The van der Waals surface area contributed by atoms with E-state index < -0.39 is 40.5 Å². The average molecular weight is 485 g/mol. The van der Waals surface area contributed by atoms with Gasteiger partial charge in [0.2, 0.25) is 17.5 Å². The molecule has 0 spiro atoms. The van der Waals surface area contributed by atoms with Gasteiger partial charge in [-0.2, -0.15) is 8.78 Å². The summed E-state index contributed by atoms with van der Waals surface area (Å²) in [6.45, 7) is 0. The number of amides is 1. The number of fused-ring (bicyclic) bond motifs is 1. The lowest BCUT2D eigenvalue weighted by Gasteiger charge is -2.11. The number of carbonyl (C=O) groups excluding carboxylic acids is 1. The maximum atomic E-state index is 14.1. The molecule has 32 heavy (non-hydrogen) atoms. The first-order valence-corrected chi connectivity index (χ1v) is 9.54. The van der Waals surface area contributed by atoms with Crippen molar-refractivity contribution in [2.45, 2.75) is 0 Å². The highest BCUT2D eigenvalue weighted by Crippen LogP contribution is 2.33. The molecule has 0 atom stereocenters. The highest BCUT2D eigenvalue weighted by molar-refractivity contribution is 6.38. The summed E-state index contributed by atoms with van der Waals surface area (Å²) in [7, 11) is 0.834. The first kappa shape index (κ1) is 21.9. The second-order valence-corrected chi connectivity index (χ2v) is 7.29. The molecule has 0 bridgehead atoms. The van der Waals surface area contributed by atoms with Crippen LogP contribution in [0, 0.1) is 23.3 Å². The Morgan fingerprint density at radius 2 is 1.62 bits per heavy atom. The standard InChI is InChI=1S/C21H10Cl2F4N2O3/c1-31-19-16(26)14(24)13(15(25)17(19)27)20(30)28-10-4-2-8(3-5-10)21-29-12-7-9(22)6-11(23)18(12)32-21/h2-7H,1H3,(H,28,30). The number of hydrogen-bond donors (Lipinski definition) is 1. The fraction of sp³-hybridized carbons (Fsp3) is 0.0476. The van der Waals surface area contributed by atoms with E-state index >= 15 is 0 Å². The highest BCUT2D eigenvalue weighted by atomic mass is 35.5. The molecule has 1 N–H and O–H groups in total. The van der Waals surface area contributed by atoms with E-state index in [1.54, 1.807) is 6.07 Å². The summed E-state index contributed by atoms with van der Waals surface area (Å²) >= 11 is 12.0. The third-order valence-corrected chi connectivity index (χ3v) is 4.95. The zero-order valence-corrected chi connectivity index (χ0v) is 17.4. The van der Waals surface area contributed by atoms with E-state index in [4.69, 9.17) is 27.6 Å². The van der Waals surface area contributed by atoms with Crippen LogP contribution in [0.25, 0.3) is 22.6 Å². The van der Waals surface area contributed by atoms with Gasteiger partial charge in [-0.3, -0.25) is 4.79 Å². The molecule has 11 heteroatoms. The lowest BCUT2D eigenvalue weighted by molar-refractivity contribution is 0.101. The molecule has 0 unspecified atom stereocenters. The third kappa shape index (κ3) is 3.74. The minimum atomic E-state index is -1.88. The summed E-state index contributed by atoms with van der Waals surface area (Å²) in [6, 6.07) is 8.82. The van der Waals surface area contributed by atoms with Crippen molar-refractivity contribution in [1.82, 2.24) is 4.98 Å². The number of nitrogens with one attached hydrogen (secondary N) is 1. The van der Waals surface area contributed by atoms with Crippen LogP contribution < -0.4 is 10.1 Å². The summed E-state index contributed by atoms with van der Waals surface area (Å²) in [5.41, 5.74) is -0.0747. The molecule has 0 aliphatic carbocycles. The van der Waals surface area contributed by atoms with Gasteiger partial charge in [-0.25, -0.2) is 13.8 Å². The molecular formula is C21H10Cl2F4N2O3. The molecule has 0 radical (unpaired) electrons. The Labute approximate surface area is 187 Å². The number of nitrogens with zero attached hydrogens (tertiary/aromatic N) is 1. The summed E-state index contributed by atoms with van der Waals surface area (Å²) in [4.78, 5) is 16.6. The van der Waals surface area contributed by atoms with Crippen LogP contribution in [0.1, 0.15) is 10.4 Å². The Morgan fingerprint density at radius 1 is 1.00 bits per heavy atom. The predicted octanol–water partition coefficient (Wildman–Crippen LogP) is 6.62. The number of halogens is 6. The van der Waals surface area contributed by atoms with Crippen LogP contribution in [0.5, 0.6) is 5.75 Å². The highest BCUT2D eigenvalue weighted by Gasteiger charge is 2.30. The number of ether oxygens (including phenoxy) is 1. The van der Waals surface area contributed by atoms with Gasteiger partial charge in [-0.05, 0) is 36.4 Å². The smallest absolute Gasteiger partial charge is 0.261 e. The second-order valence-electron chi connectivity index (χ2n) is 6.45. The Morgan fingerprint density at radius 3 is 2.22 bits per heavy atom. The molecule has 1 amide bonds. The number of carbonyl (C=O) groups is 1. The lowest BCUT2D eigenvalue weighted by Crippen LogP contribution is -2.18. The van der Waals surface area contributed by atoms with E-state index in [2.05, 4.69) is 15.0 Å². The topological polar surface area (TPSA) is 64.4 Å². The van der Waals surface area contributed by atoms with E-state index in [0.717, 1.165) is 7.11 Å². The van der Waals surface area contributed by atoms with Gasteiger partial charge in [0.1, 0.15) is 11.1 Å². The number of oxazole rings is 1. The predicted molar refractivity (Wildman–Crippen MR) is 110 cm³/mol. The van der Waals surface area contributed by atoms with Gasteiger partial charge in [0.15, 0.2) is 23.0 Å². The van der Waals surface area contributed by atoms with Crippen molar-refractivity contribution in [1.29, 1.82) is 0 Å². The van der Waals surface area contributed by atoms with Gasteiger partial charge in [0.25, 0.3) is 5.91 Å². The third-order valence-electron chi connectivity index (χ3n) is 4.45. The average Bonchev–Trinajstić information content (AvgIpc) is 3.18. The maximum absolute atomic E-state index is 14.1. The second kappa shape index (κ2) is 8.33. The molecule has 164 valence electrons. The Kier molecular flexibility index (Phi) is 5.70. The fourth-order valence-corrected chi connectivity index (χ4v) is 3.48. The lowest BCUT2D eigenvalue weighted by atomic mass is 10.1. The van der Waals surface area contributed by atoms with Crippen molar-refractivity contribution >= 4 is 45.9 Å². The van der Waals surface area contributed by atoms with E-state index in [9.17, 15) is 22.4 Å². The number of aromatic nitrogens is 1. The van der Waals surface area contributed by atoms with Crippen molar-refractivity contribution in [3.8, 4) is 17.2 Å². The SMILES string of the molecule is COc1c(F)c(F)c(C(=O)Nc2ccc(-c3nc4cc(Cl)cc(Cl)c4o3)cc2)c(F)c1F. The largest absolute Gasteiger partial charge is 0.491 e. The summed E-state index contributed by atoms with van der Waals surface area (Å²) in [5, 5.41) is 2.83. The molecule has 4 rings (SSSR count). The summed E-state index contributed by atoms with van der Waals surface area (Å²) in [6.07, 6.45) is 0. The molecule has 0 saturated carbocycles. The maximum Gasteiger partial charge on any atom is 0.261 e. The Balaban J connectivity index is 1.61. The van der Waals surface area contributed by atoms with Gasteiger partial charge in [-0.1, -0.05) is 23.2 Å². The first-order chi connectivity index (χ1) is 15.2. The van der Waals surface area contributed by atoms with Crippen LogP contribution in [-0.4, -0.2) is 18.0 Å². The number of benzene rings is 3. The van der Waals surface area contributed by atoms with Crippen LogP contribution in [0.2, 0.25) is 10.0 Å². The summed E-state index contributed by atoms with van der Waals surface area (Å²) < 4.78 is 65.9. The van der Waals surface area contributed by atoms with Gasteiger partial charge in [-0.15, -0.1) is 0 Å². The molecule has 0 aliphatic heterocycles. The minimum absolute atomic E-state index is 0.0892. The zero-order valence-electron chi connectivity index (χ0n) is 15.9. The Hall–Kier alpha value is -3.30. The van der Waals surface area contributed by atoms with E-state index in [1.165, 1.54) is 30.3 Å². The van der Waals surface area contributed by atoms with Crippen LogP contribution >= 0.6 is 23.2 Å². The van der Waals surface area contributed by atoms with E-state index in [1.807, 2.05) is 0 Å². The summed E-state index contributed by atoms with van der Waals surface area (Å²) in [5.74, 6) is -9.84. The normalized spacial score (nSPS) is 11.1. The zero-order chi connectivity index (χ0) is 23.2. The molecule has 0 saturated heterocycles. The number of anilines is 1. The molecule has 0 aliphatic rings. The van der Waals surface area contributed by atoms with Crippen molar-refractivity contribution < 1.29 is 31.5 Å². The molecule has 1 aromatic heterocycles. The first-order valence-electron chi connectivity index (χ1n) is 8.78. The number of rotatable bonds is 4. The van der Waals surface area contributed by atoms with Crippen molar-refractivity contribution in [2.75, 3.05) is 12.4 Å². The van der Waals surface area contributed by atoms with Gasteiger partial charge < -0.3 is 14.5 Å². The molecule has 0 fully saturated rings. The van der Waals surface area contributed by atoms with Crippen LogP contribution in [0.15, 0.2) is 40.8 Å². The van der Waals surface area contributed by atoms with Crippen molar-refractivity contribution in [2.24, 2.45) is 0 Å². The monoisotopic (exact) mass is 484 g/mol. The van der Waals surface area contributed by atoms with Crippen LogP contribution in [0.4, 0.5) is 23.2 Å². The molecular weight excluding hydrogens is 475 g/mol. The van der Waals surface area contributed by atoms with E-state index in [-0.39, 0.29) is 16.6 Å². The fourth-order valence-electron chi connectivity index (χ4n) is 2.96. The van der Waals surface area contributed by atoms with Gasteiger partial charge in [0.05, 0.1) is 12.1 Å². The van der Waals surface area contributed by atoms with Crippen LogP contribution in [-0.2, 0) is 0 Å². The molecule has 1 heterocycles. The van der Waals surface area contributed by atoms with E-state index in [0.29, 0.717) is 21.7 Å². The molecule has 5 nitrogen and oxygen atoms in total. The number of methoxy groups -OCH3 is 1. The Bertz CT molecular complexity index is 1350. The number of hydrogen-bond acceptors (Lipinski definition) is 4. The quantitative estimate of drug-likeness (QED) is 0.261.